The summed E-state index contributed by atoms with van der Waals surface area (Å²) in [5.74, 6) is -0.652. The van der Waals surface area contributed by atoms with Crippen LogP contribution < -0.4 is 0 Å². The van der Waals surface area contributed by atoms with Crippen LogP contribution >= 0.6 is 0 Å². The van der Waals surface area contributed by atoms with Crippen LogP contribution in [0.5, 0.6) is 0 Å². The largest absolute Gasteiger partial charge is 0.224 e. The maximum absolute atomic E-state index is 13.9. The Morgan fingerprint density at radius 1 is 1.12 bits per heavy atom. The zero-order valence-corrected chi connectivity index (χ0v) is 12.0. The van der Waals surface area contributed by atoms with Gasteiger partial charge in [0.1, 0.15) is 10.7 Å². The molecule has 1 rings (SSSR count). The smallest absolute Gasteiger partial charge is 0.178 e. The zero-order chi connectivity index (χ0) is 13.6. The lowest BCUT2D eigenvalue weighted by Gasteiger charge is -2.24. The average molecular weight is 258 g/mol. The maximum atomic E-state index is 13.9. The van der Waals surface area contributed by atoms with Gasteiger partial charge in [-0.2, -0.15) is 0 Å². The molecule has 0 saturated heterocycles. The SMILES string of the molecule is Cc1c(C(C)(C)C)cc(F)c(S(C)(=O)=O)c1C. The van der Waals surface area contributed by atoms with Crippen LogP contribution in [0, 0.1) is 19.7 Å². The first-order valence-electron chi connectivity index (χ1n) is 5.46. The number of benzene rings is 1. The monoisotopic (exact) mass is 258 g/mol. The van der Waals surface area contributed by atoms with E-state index in [1.54, 1.807) is 6.92 Å². The Morgan fingerprint density at radius 3 is 1.94 bits per heavy atom. The van der Waals surface area contributed by atoms with Crippen molar-refractivity contribution in [3.8, 4) is 0 Å². The molecule has 96 valence electrons. The molecule has 0 aliphatic carbocycles. The molecule has 0 fully saturated rings. The van der Waals surface area contributed by atoms with Crippen molar-refractivity contribution in [1.29, 1.82) is 0 Å². The molecule has 0 radical (unpaired) electrons. The van der Waals surface area contributed by atoms with Gasteiger partial charge in [-0.15, -0.1) is 0 Å². The van der Waals surface area contributed by atoms with Gasteiger partial charge < -0.3 is 0 Å². The van der Waals surface area contributed by atoms with E-state index >= 15 is 0 Å². The van der Waals surface area contributed by atoms with Crippen molar-refractivity contribution in [2.75, 3.05) is 6.26 Å². The predicted octanol–water partition coefficient (Wildman–Crippen LogP) is 3.14. The number of hydrogen-bond acceptors (Lipinski definition) is 2. The van der Waals surface area contributed by atoms with Gasteiger partial charge in [-0.1, -0.05) is 20.8 Å². The molecule has 1 aromatic rings. The number of halogens is 1. The van der Waals surface area contributed by atoms with E-state index in [4.69, 9.17) is 0 Å². The second-order valence-electron chi connectivity index (χ2n) is 5.51. The fourth-order valence-electron chi connectivity index (χ4n) is 2.09. The minimum absolute atomic E-state index is 0.178. The summed E-state index contributed by atoms with van der Waals surface area (Å²) in [6.45, 7) is 9.44. The molecule has 0 bridgehead atoms. The lowest BCUT2D eigenvalue weighted by Crippen LogP contribution is -2.17. The third-order valence-corrected chi connectivity index (χ3v) is 4.22. The number of rotatable bonds is 1. The van der Waals surface area contributed by atoms with Gasteiger partial charge in [0.25, 0.3) is 0 Å². The highest BCUT2D eigenvalue weighted by molar-refractivity contribution is 7.90. The Kier molecular flexibility index (Phi) is 3.41. The minimum atomic E-state index is -3.52. The van der Waals surface area contributed by atoms with E-state index in [9.17, 15) is 12.8 Å². The number of hydrogen-bond donors (Lipinski definition) is 0. The summed E-state index contributed by atoms with van der Waals surface area (Å²) in [7, 11) is -3.52. The average Bonchev–Trinajstić information content (AvgIpc) is 2.07. The molecule has 17 heavy (non-hydrogen) atoms. The highest BCUT2D eigenvalue weighted by Gasteiger charge is 2.25. The van der Waals surface area contributed by atoms with Gasteiger partial charge in [-0.3, -0.25) is 0 Å². The summed E-state index contributed by atoms with van der Waals surface area (Å²) in [4.78, 5) is -0.178. The third-order valence-electron chi connectivity index (χ3n) is 2.97. The lowest BCUT2D eigenvalue weighted by atomic mass is 9.82. The molecule has 0 heterocycles. The Bertz CT molecular complexity index is 552. The normalized spacial score (nSPS) is 12.9. The summed E-state index contributed by atoms with van der Waals surface area (Å²) in [5, 5.41) is 0. The standard InChI is InChI=1S/C13H19FO2S/c1-8-9(2)12(17(6,15)16)11(14)7-10(8)13(3,4)5/h7H,1-6H3. The van der Waals surface area contributed by atoms with E-state index in [2.05, 4.69) is 0 Å². The van der Waals surface area contributed by atoms with E-state index in [-0.39, 0.29) is 10.3 Å². The van der Waals surface area contributed by atoms with Gasteiger partial charge in [-0.25, -0.2) is 12.8 Å². The quantitative estimate of drug-likeness (QED) is 0.775. The van der Waals surface area contributed by atoms with E-state index in [0.29, 0.717) is 5.56 Å². The van der Waals surface area contributed by atoms with Crippen molar-refractivity contribution in [3.05, 3.63) is 28.6 Å². The van der Waals surface area contributed by atoms with Gasteiger partial charge in [0.05, 0.1) is 0 Å². The van der Waals surface area contributed by atoms with E-state index in [1.165, 1.54) is 6.07 Å². The summed E-state index contributed by atoms with van der Waals surface area (Å²) in [5.41, 5.74) is 2.00. The highest BCUT2D eigenvalue weighted by Crippen LogP contribution is 2.32. The van der Waals surface area contributed by atoms with Crippen molar-refractivity contribution < 1.29 is 12.8 Å². The summed E-state index contributed by atoms with van der Waals surface area (Å²) < 4.78 is 37.0. The topological polar surface area (TPSA) is 34.1 Å². The van der Waals surface area contributed by atoms with Crippen molar-refractivity contribution >= 4 is 9.84 Å². The molecule has 0 spiro atoms. The Morgan fingerprint density at radius 2 is 1.59 bits per heavy atom. The van der Waals surface area contributed by atoms with Gasteiger partial charge in [0, 0.05) is 6.26 Å². The summed E-state index contributed by atoms with van der Waals surface area (Å²) in [6, 6.07) is 1.35. The number of sulfone groups is 1. The molecular formula is C13H19FO2S. The third kappa shape index (κ3) is 2.68. The molecule has 4 heteroatoms. The summed E-state index contributed by atoms with van der Waals surface area (Å²) >= 11 is 0. The van der Waals surface area contributed by atoms with Crippen molar-refractivity contribution in [2.45, 2.75) is 44.9 Å². The Hall–Kier alpha value is -0.900. The first-order valence-corrected chi connectivity index (χ1v) is 7.35. The van der Waals surface area contributed by atoms with E-state index in [1.807, 2.05) is 27.7 Å². The first kappa shape index (κ1) is 14.2. The second kappa shape index (κ2) is 4.09. The molecule has 0 aromatic heterocycles. The summed E-state index contributed by atoms with van der Waals surface area (Å²) in [6.07, 6.45) is 1.04. The van der Waals surface area contributed by atoms with Crippen LogP contribution in [0.3, 0.4) is 0 Å². The molecule has 2 nitrogen and oxygen atoms in total. The molecule has 0 amide bonds. The molecule has 0 atom stereocenters. The van der Waals surface area contributed by atoms with Crippen LogP contribution in [0.15, 0.2) is 11.0 Å². The maximum Gasteiger partial charge on any atom is 0.178 e. The minimum Gasteiger partial charge on any atom is -0.224 e. The highest BCUT2D eigenvalue weighted by atomic mass is 32.2. The van der Waals surface area contributed by atoms with Crippen molar-refractivity contribution in [2.24, 2.45) is 0 Å². The van der Waals surface area contributed by atoms with E-state index in [0.717, 1.165) is 17.4 Å². The van der Waals surface area contributed by atoms with Gasteiger partial charge in [0.2, 0.25) is 0 Å². The van der Waals surface area contributed by atoms with Crippen LogP contribution in [0.2, 0.25) is 0 Å². The van der Waals surface area contributed by atoms with Crippen molar-refractivity contribution in [3.63, 3.8) is 0 Å². The first-order chi connectivity index (χ1) is 7.46. The predicted molar refractivity (Wildman–Crippen MR) is 67.7 cm³/mol. The van der Waals surface area contributed by atoms with E-state index < -0.39 is 15.7 Å². The van der Waals surface area contributed by atoms with Gasteiger partial charge >= 0.3 is 0 Å². The molecule has 0 N–H and O–H groups in total. The Labute approximate surface area is 103 Å². The second-order valence-corrected chi connectivity index (χ2v) is 7.46. The molecule has 0 aliphatic rings. The lowest BCUT2D eigenvalue weighted by molar-refractivity contribution is 0.544. The Balaban J connectivity index is 3.72. The van der Waals surface area contributed by atoms with Crippen LogP contribution in [0.25, 0.3) is 0 Å². The molecule has 0 aliphatic heterocycles. The van der Waals surface area contributed by atoms with Crippen LogP contribution in [-0.4, -0.2) is 14.7 Å². The fourth-order valence-corrected chi connectivity index (χ4v) is 3.21. The fraction of sp³-hybridized carbons (Fsp3) is 0.538. The van der Waals surface area contributed by atoms with Crippen molar-refractivity contribution in [1.82, 2.24) is 0 Å². The van der Waals surface area contributed by atoms with Crippen LogP contribution in [0.1, 0.15) is 37.5 Å². The van der Waals surface area contributed by atoms with Gasteiger partial charge in [0.15, 0.2) is 9.84 Å². The molecule has 1 aromatic carbocycles. The van der Waals surface area contributed by atoms with Crippen LogP contribution in [0.4, 0.5) is 4.39 Å². The molecular weight excluding hydrogens is 239 g/mol. The zero-order valence-electron chi connectivity index (χ0n) is 11.2. The van der Waals surface area contributed by atoms with Gasteiger partial charge in [-0.05, 0) is 42.0 Å². The van der Waals surface area contributed by atoms with Crippen LogP contribution in [-0.2, 0) is 15.3 Å². The molecule has 0 saturated carbocycles. The molecule has 0 unspecified atom stereocenters.